The molecule has 3 rings (SSSR count). The van der Waals surface area contributed by atoms with Gasteiger partial charge in [0, 0.05) is 31.7 Å². The Morgan fingerprint density at radius 1 is 1.07 bits per heavy atom. The van der Waals surface area contributed by atoms with Crippen molar-refractivity contribution in [2.24, 2.45) is 0 Å². The van der Waals surface area contributed by atoms with Crippen molar-refractivity contribution >= 4 is 11.6 Å². The Hall–Kier alpha value is -1.96. The van der Waals surface area contributed by atoms with Gasteiger partial charge in [-0.15, -0.1) is 0 Å². The van der Waals surface area contributed by atoms with Gasteiger partial charge in [0.1, 0.15) is 0 Å². The molecule has 4 nitrogen and oxygen atoms in total. The first-order valence-corrected chi connectivity index (χ1v) is 9.27. The van der Waals surface area contributed by atoms with Gasteiger partial charge in [-0.05, 0) is 23.8 Å². The van der Waals surface area contributed by atoms with Crippen molar-refractivity contribution in [3.63, 3.8) is 0 Å². The monoisotopic (exact) mass is 414 g/mol. The zero-order chi connectivity index (χ0) is 20.3. The summed E-state index contributed by atoms with van der Waals surface area (Å²) in [4.78, 5) is 2.14. The van der Waals surface area contributed by atoms with Crippen LogP contribution in [0.5, 0.6) is 11.5 Å². The molecule has 1 unspecified atom stereocenters. The van der Waals surface area contributed by atoms with Crippen molar-refractivity contribution in [2.75, 3.05) is 40.4 Å². The van der Waals surface area contributed by atoms with E-state index in [1.54, 1.807) is 12.1 Å². The van der Waals surface area contributed by atoms with Crippen LogP contribution in [0.25, 0.3) is 0 Å². The molecule has 152 valence electrons. The van der Waals surface area contributed by atoms with E-state index in [1.165, 1.54) is 20.3 Å². The van der Waals surface area contributed by atoms with Gasteiger partial charge >= 0.3 is 6.18 Å². The molecule has 28 heavy (non-hydrogen) atoms. The minimum atomic E-state index is -4.53. The van der Waals surface area contributed by atoms with E-state index in [9.17, 15) is 13.2 Å². The zero-order valence-electron chi connectivity index (χ0n) is 15.6. The standard InChI is InChI=1S/C20H22ClF3N2O2/c1-27-17-5-3-4-14(19(17)28-2)18(26-10-8-25-9-11-26)13-6-7-16(21)15(12-13)20(22,23)24/h3-7,12,18,25H,8-11H2,1-2H3. The van der Waals surface area contributed by atoms with E-state index in [-0.39, 0.29) is 5.02 Å². The molecule has 1 atom stereocenters. The molecule has 2 aromatic carbocycles. The molecule has 1 saturated heterocycles. The first kappa shape index (κ1) is 20.8. The van der Waals surface area contributed by atoms with E-state index in [0.29, 0.717) is 30.2 Å². The summed E-state index contributed by atoms with van der Waals surface area (Å²) in [5, 5.41) is 2.96. The minimum absolute atomic E-state index is 0.312. The van der Waals surface area contributed by atoms with Gasteiger partial charge in [0.25, 0.3) is 0 Å². The molecule has 0 saturated carbocycles. The number of para-hydroxylation sites is 1. The highest BCUT2D eigenvalue weighted by Crippen LogP contribution is 2.42. The number of nitrogens with one attached hydrogen (secondary N) is 1. The Labute approximate surface area is 167 Å². The maximum Gasteiger partial charge on any atom is 0.417 e. The van der Waals surface area contributed by atoms with E-state index in [2.05, 4.69) is 10.2 Å². The van der Waals surface area contributed by atoms with Crippen LogP contribution in [0.3, 0.4) is 0 Å². The topological polar surface area (TPSA) is 33.7 Å². The molecular weight excluding hydrogens is 393 g/mol. The van der Waals surface area contributed by atoms with Crippen molar-refractivity contribution in [1.29, 1.82) is 0 Å². The highest BCUT2D eigenvalue weighted by molar-refractivity contribution is 6.31. The number of hydrogen-bond donors (Lipinski definition) is 1. The van der Waals surface area contributed by atoms with E-state index in [4.69, 9.17) is 21.1 Å². The average Bonchev–Trinajstić information content (AvgIpc) is 2.69. The predicted molar refractivity (Wildman–Crippen MR) is 102 cm³/mol. The quantitative estimate of drug-likeness (QED) is 0.787. The first-order valence-electron chi connectivity index (χ1n) is 8.89. The summed E-state index contributed by atoms with van der Waals surface area (Å²) in [6.07, 6.45) is -4.53. The Kier molecular flexibility index (Phi) is 6.37. The van der Waals surface area contributed by atoms with Crippen LogP contribution in [-0.4, -0.2) is 45.3 Å². The van der Waals surface area contributed by atoms with Crippen LogP contribution in [0.4, 0.5) is 13.2 Å². The molecular formula is C20H22ClF3N2O2. The van der Waals surface area contributed by atoms with Gasteiger partial charge in [0.05, 0.1) is 30.8 Å². The number of alkyl halides is 3. The summed E-state index contributed by atoms with van der Waals surface area (Å²) in [6, 6.07) is 9.09. The lowest BCUT2D eigenvalue weighted by molar-refractivity contribution is -0.137. The molecule has 0 aliphatic carbocycles. The SMILES string of the molecule is COc1cccc(C(c2ccc(Cl)c(C(F)(F)F)c2)N2CCNCC2)c1OC. The lowest BCUT2D eigenvalue weighted by atomic mass is 9.93. The lowest BCUT2D eigenvalue weighted by Crippen LogP contribution is -2.45. The van der Waals surface area contributed by atoms with Crippen molar-refractivity contribution in [3.05, 3.63) is 58.1 Å². The largest absolute Gasteiger partial charge is 0.493 e. The Morgan fingerprint density at radius 2 is 1.79 bits per heavy atom. The van der Waals surface area contributed by atoms with Gasteiger partial charge in [-0.1, -0.05) is 29.8 Å². The van der Waals surface area contributed by atoms with Crippen molar-refractivity contribution in [3.8, 4) is 11.5 Å². The summed E-state index contributed by atoms with van der Waals surface area (Å²) >= 11 is 5.84. The van der Waals surface area contributed by atoms with Gasteiger partial charge in [-0.2, -0.15) is 13.2 Å². The summed E-state index contributed by atoms with van der Waals surface area (Å²) in [5.74, 6) is 1.04. The molecule has 0 spiro atoms. The summed E-state index contributed by atoms with van der Waals surface area (Å²) in [7, 11) is 3.06. The van der Waals surface area contributed by atoms with Crippen LogP contribution in [-0.2, 0) is 6.18 Å². The van der Waals surface area contributed by atoms with Gasteiger partial charge in [0.15, 0.2) is 11.5 Å². The number of rotatable bonds is 5. The molecule has 1 fully saturated rings. The van der Waals surface area contributed by atoms with Gasteiger partial charge in [0.2, 0.25) is 0 Å². The second-order valence-corrected chi connectivity index (χ2v) is 6.92. The highest BCUT2D eigenvalue weighted by Gasteiger charge is 2.35. The second kappa shape index (κ2) is 8.59. The molecule has 0 aromatic heterocycles. The molecule has 2 aromatic rings. The number of ether oxygens (including phenoxy) is 2. The molecule has 1 heterocycles. The Balaban J connectivity index is 2.17. The highest BCUT2D eigenvalue weighted by atomic mass is 35.5. The van der Waals surface area contributed by atoms with Gasteiger partial charge < -0.3 is 14.8 Å². The maximum atomic E-state index is 13.4. The molecule has 0 bridgehead atoms. The van der Waals surface area contributed by atoms with E-state index in [0.717, 1.165) is 24.7 Å². The predicted octanol–water partition coefficient (Wildman–Crippen LogP) is 4.37. The number of nitrogens with zero attached hydrogens (tertiary/aromatic N) is 1. The van der Waals surface area contributed by atoms with Crippen LogP contribution >= 0.6 is 11.6 Å². The zero-order valence-corrected chi connectivity index (χ0v) is 16.4. The number of benzene rings is 2. The third-order valence-electron chi connectivity index (χ3n) is 4.86. The second-order valence-electron chi connectivity index (χ2n) is 6.51. The van der Waals surface area contributed by atoms with E-state index in [1.807, 2.05) is 12.1 Å². The fraction of sp³-hybridized carbons (Fsp3) is 0.400. The summed E-state index contributed by atoms with van der Waals surface area (Å²) < 4.78 is 51.3. The smallest absolute Gasteiger partial charge is 0.417 e. The fourth-order valence-electron chi connectivity index (χ4n) is 3.58. The van der Waals surface area contributed by atoms with E-state index < -0.39 is 17.8 Å². The van der Waals surface area contributed by atoms with Crippen LogP contribution in [0.15, 0.2) is 36.4 Å². The number of methoxy groups -OCH3 is 2. The molecule has 0 amide bonds. The van der Waals surface area contributed by atoms with Crippen LogP contribution in [0.1, 0.15) is 22.7 Å². The normalized spacial score (nSPS) is 16.6. The third kappa shape index (κ3) is 4.21. The van der Waals surface area contributed by atoms with Crippen molar-refractivity contribution in [1.82, 2.24) is 10.2 Å². The molecule has 8 heteroatoms. The number of hydrogen-bond acceptors (Lipinski definition) is 4. The summed E-state index contributed by atoms with van der Waals surface area (Å²) in [5.41, 5.74) is 0.415. The summed E-state index contributed by atoms with van der Waals surface area (Å²) in [6.45, 7) is 2.88. The fourth-order valence-corrected chi connectivity index (χ4v) is 3.81. The van der Waals surface area contributed by atoms with Crippen LogP contribution in [0.2, 0.25) is 5.02 Å². The number of halogens is 4. The van der Waals surface area contributed by atoms with Gasteiger partial charge in [-0.25, -0.2) is 0 Å². The molecule has 0 radical (unpaired) electrons. The van der Waals surface area contributed by atoms with Crippen molar-refractivity contribution in [2.45, 2.75) is 12.2 Å². The molecule has 1 aliphatic heterocycles. The maximum absolute atomic E-state index is 13.4. The average molecular weight is 415 g/mol. The lowest BCUT2D eigenvalue weighted by Gasteiger charge is -2.36. The first-order chi connectivity index (χ1) is 13.4. The van der Waals surface area contributed by atoms with Crippen molar-refractivity contribution < 1.29 is 22.6 Å². The molecule has 1 N–H and O–H groups in total. The third-order valence-corrected chi connectivity index (χ3v) is 5.19. The van der Waals surface area contributed by atoms with Gasteiger partial charge in [-0.3, -0.25) is 4.90 Å². The Morgan fingerprint density at radius 3 is 2.39 bits per heavy atom. The Bertz CT molecular complexity index is 824. The minimum Gasteiger partial charge on any atom is -0.493 e. The van der Waals surface area contributed by atoms with Crippen LogP contribution < -0.4 is 14.8 Å². The van der Waals surface area contributed by atoms with Crippen LogP contribution in [0, 0.1) is 0 Å². The molecule has 1 aliphatic rings. The number of piperazine rings is 1. The van der Waals surface area contributed by atoms with E-state index >= 15 is 0 Å².